The van der Waals surface area contributed by atoms with E-state index in [0.29, 0.717) is 52.2 Å². The lowest BCUT2D eigenvalue weighted by atomic mass is 9.95. The summed E-state index contributed by atoms with van der Waals surface area (Å²) in [5.74, 6) is 1.93. The number of amides is 3. The highest BCUT2D eigenvalue weighted by atomic mass is 127. The van der Waals surface area contributed by atoms with Gasteiger partial charge in [0.25, 0.3) is 5.91 Å². The van der Waals surface area contributed by atoms with E-state index in [1.807, 2.05) is 24.3 Å². The van der Waals surface area contributed by atoms with E-state index in [-0.39, 0.29) is 31.3 Å². The molecule has 2 aliphatic heterocycles. The molecule has 14 nitrogen and oxygen atoms in total. The van der Waals surface area contributed by atoms with Gasteiger partial charge >= 0.3 is 12.0 Å². The van der Waals surface area contributed by atoms with Crippen LogP contribution in [0.1, 0.15) is 36.6 Å². The molecule has 3 aromatic rings. The van der Waals surface area contributed by atoms with Crippen LogP contribution in [0.25, 0.3) is 0 Å². The number of esters is 1. The number of carbonyl (C=O) groups is 3. The molecule has 252 valence electrons. The van der Waals surface area contributed by atoms with E-state index in [9.17, 15) is 14.4 Å². The SMILES string of the molecule is CCOC(=O)C1=C(C)NC(=O)N[C@@H]1c1ccc(OCC(=O)N/N=C\c2cc(I)c(OCc3ccc4c(c3)OCO4)c(OC)c2)c(OC)c1. The quantitative estimate of drug-likeness (QED) is 0.0987. The van der Waals surface area contributed by atoms with E-state index >= 15 is 0 Å². The Bertz CT molecular complexity index is 1780. The molecule has 0 aromatic heterocycles. The molecule has 0 saturated heterocycles. The number of hydrogen-bond donors (Lipinski definition) is 3. The van der Waals surface area contributed by atoms with Crippen molar-refractivity contribution in [1.82, 2.24) is 16.1 Å². The largest absolute Gasteiger partial charge is 0.493 e. The Morgan fingerprint density at radius 1 is 1.02 bits per heavy atom. The zero-order valence-electron chi connectivity index (χ0n) is 26.5. The molecular weight excluding hydrogens is 739 g/mol. The Kier molecular flexibility index (Phi) is 11.1. The molecule has 2 heterocycles. The number of nitrogens with one attached hydrogen (secondary N) is 3. The number of ether oxygens (including phenoxy) is 7. The van der Waals surface area contributed by atoms with Crippen LogP contribution in [0.3, 0.4) is 0 Å². The van der Waals surface area contributed by atoms with Crippen molar-refractivity contribution in [2.45, 2.75) is 26.5 Å². The van der Waals surface area contributed by atoms with Gasteiger partial charge in [-0.15, -0.1) is 0 Å². The third-order valence-corrected chi connectivity index (χ3v) is 7.92. The minimum atomic E-state index is -0.782. The number of halogens is 1. The highest BCUT2D eigenvalue weighted by molar-refractivity contribution is 14.1. The minimum Gasteiger partial charge on any atom is -0.493 e. The molecule has 3 N–H and O–H groups in total. The lowest BCUT2D eigenvalue weighted by Crippen LogP contribution is -2.45. The monoisotopic (exact) mass is 772 g/mol. The van der Waals surface area contributed by atoms with Gasteiger partial charge in [0.1, 0.15) is 6.61 Å². The van der Waals surface area contributed by atoms with Crippen LogP contribution in [0.15, 0.2) is 64.9 Å². The van der Waals surface area contributed by atoms with Gasteiger partial charge in [0, 0.05) is 5.70 Å². The van der Waals surface area contributed by atoms with Crippen LogP contribution in [-0.2, 0) is 20.9 Å². The van der Waals surface area contributed by atoms with E-state index in [1.165, 1.54) is 13.3 Å². The maximum absolute atomic E-state index is 12.6. The summed E-state index contributed by atoms with van der Waals surface area (Å²) in [6.07, 6.45) is 1.48. The Balaban J connectivity index is 1.18. The topological polar surface area (TPSA) is 164 Å². The fourth-order valence-electron chi connectivity index (χ4n) is 4.90. The first-order valence-electron chi connectivity index (χ1n) is 14.7. The molecule has 1 atom stereocenters. The molecule has 0 aliphatic carbocycles. The molecule has 48 heavy (non-hydrogen) atoms. The van der Waals surface area contributed by atoms with Gasteiger partial charge < -0.3 is 43.8 Å². The van der Waals surface area contributed by atoms with Crippen molar-refractivity contribution in [3.8, 4) is 34.5 Å². The second-order valence-electron chi connectivity index (χ2n) is 10.3. The fourth-order valence-corrected chi connectivity index (χ4v) is 5.68. The second-order valence-corrected chi connectivity index (χ2v) is 11.5. The summed E-state index contributed by atoms with van der Waals surface area (Å²) >= 11 is 2.15. The molecule has 5 rings (SSSR count). The van der Waals surface area contributed by atoms with Crippen molar-refractivity contribution in [3.63, 3.8) is 0 Å². The van der Waals surface area contributed by atoms with Crippen LogP contribution < -0.4 is 44.5 Å². The first kappa shape index (κ1) is 34.2. The standard InChI is InChI=1S/C33H33IN4O10/c1-5-44-32(40)29-18(2)36-33(41)37-30(29)21-7-9-23(25(13-21)42-3)45-16-28(39)38-35-14-20-10-22(34)31(27(12-20)43-4)46-15-19-6-8-24-26(11-19)48-17-47-24/h6-14,30H,5,15-17H2,1-4H3,(H,38,39)(H2,36,37,41)/b35-14-/t30-/m1/s1. The molecule has 3 aromatic carbocycles. The van der Waals surface area contributed by atoms with E-state index in [4.69, 9.17) is 33.2 Å². The summed E-state index contributed by atoms with van der Waals surface area (Å²) in [6, 6.07) is 12.8. The first-order chi connectivity index (χ1) is 23.2. The second kappa shape index (κ2) is 15.6. The zero-order chi connectivity index (χ0) is 34.2. The molecule has 0 saturated carbocycles. The lowest BCUT2D eigenvalue weighted by Gasteiger charge is -2.28. The number of hydrogen-bond acceptors (Lipinski definition) is 11. The Hall–Kier alpha value is -5.19. The van der Waals surface area contributed by atoms with Crippen molar-refractivity contribution in [3.05, 3.63) is 80.1 Å². The fraction of sp³-hybridized carbons (Fsp3) is 0.273. The summed E-state index contributed by atoms with van der Waals surface area (Å²) in [7, 11) is 2.98. The van der Waals surface area contributed by atoms with Crippen molar-refractivity contribution in [1.29, 1.82) is 0 Å². The van der Waals surface area contributed by atoms with Crippen LogP contribution >= 0.6 is 22.6 Å². The zero-order valence-corrected chi connectivity index (χ0v) is 28.7. The number of hydrazone groups is 1. The Morgan fingerprint density at radius 3 is 2.58 bits per heavy atom. The summed E-state index contributed by atoms with van der Waals surface area (Å²) < 4.78 is 39.5. The maximum Gasteiger partial charge on any atom is 0.338 e. The number of benzene rings is 3. The average Bonchev–Trinajstić information content (AvgIpc) is 3.54. The predicted octanol–water partition coefficient (Wildman–Crippen LogP) is 4.34. The van der Waals surface area contributed by atoms with Gasteiger partial charge in [0.05, 0.1) is 42.2 Å². The summed E-state index contributed by atoms with van der Waals surface area (Å²) in [6.45, 7) is 3.63. The van der Waals surface area contributed by atoms with Gasteiger partial charge in [-0.2, -0.15) is 5.10 Å². The van der Waals surface area contributed by atoms with Crippen LogP contribution in [0.2, 0.25) is 0 Å². The van der Waals surface area contributed by atoms with Crippen LogP contribution in [-0.4, -0.2) is 58.3 Å². The summed E-state index contributed by atoms with van der Waals surface area (Å²) in [4.78, 5) is 37.4. The van der Waals surface area contributed by atoms with E-state index < -0.39 is 23.9 Å². The van der Waals surface area contributed by atoms with Crippen LogP contribution in [0.4, 0.5) is 4.79 Å². The molecule has 0 unspecified atom stereocenters. The van der Waals surface area contributed by atoms with Crippen molar-refractivity contribution < 1.29 is 47.5 Å². The molecule has 0 spiro atoms. The Morgan fingerprint density at radius 2 is 1.81 bits per heavy atom. The van der Waals surface area contributed by atoms with Gasteiger partial charge in [-0.1, -0.05) is 12.1 Å². The van der Waals surface area contributed by atoms with Gasteiger partial charge in [0.15, 0.2) is 41.1 Å². The summed E-state index contributed by atoms with van der Waals surface area (Å²) in [5.41, 5.74) is 5.22. The molecule has 2 aliphatic rings. The number of carbonyl (C=O) groups excluding carboxylic acids is 3. The molecule has 15 heteroatoms. The average molecular weight is 773 g/mol. The normalized spacial score (nSPS) is 15.0. The number of fused-ring (bicyclic) bond motifs is 1. The van der Waals surface area contributed by atoms with Gasteiger partial charge in [-0.3, -0.25) is 4.79 Å². The smallest absolute Gasteiger partial charge is 0.338 e. The van der Waals surface area contributed by atoms with Crippen LogP contribution in [0.5, 0.6) is 34.5 Å². The minimum absolute atomic E-state index is 0.178. The number of nitrogens with zero attached hydrogens (tertiary/aromatic N) is 1. The van der Waals surface area contributed by atoms with Gasteiger partial charge in [-0.05, 0) is 89.5 Å². The van der Waals surface area contributed by atoms with E-state index in [2.05, 4.69) is 43.8 Å². The van der Waals surface area contributed by atoms with Gasteiger partial charge in [0.2, 0.25) is 6.79 Å². The number of urea groups is 1. The number of allylic oxidation sites excluding steroid dienone is 1. The third kappa shape index (κ3) is 8.02. The number of methoxy groups -OCH3 is 2. The maximum atomic E-state index is 12.6. The highest BCUT2D eigenvalue weighted by Crippen LogP contribution is 2.37. The van der Waals surface area contributed by atoms with Crippen molar-refractivity contribution >= 4 is 46.7 Å². The molecule has 3 amide bonds. The van der Waals surface area contributed by atoms with E-state index in [0.717, 1.165) is 9.13 Å². The van der Waals surface area contributed by atoms with Crippen LogP contribution in [0, 0.1) is 3.57 Å². The summed E-state index contributed by atoms with van der Waals surface area (Å²) in [5, 5.41) is 9.37. The Labute approximate surface area is 289 Å². The first-order valence-corrected chi connectivity index (χ1v) is 15.8. The van der Waals surface area contributed by atoms with Gasteiger partial charge in [-0.25, -0.2) is 15.0 Å². The molecular formula is C33H33IN4O10. The molecule has 0 bridgehead atoms. The van der Waals surface area contributed by atoms with Crippen molar-refractivity contribution in [2.75, 3.05) is 34.2 Å². The van der Waals surface area contributed by atoms with Crippen molar-refractivity contribution in [2.24, 2.45) is 5.10 Å². The predicted molar refractivity (Wildman–Crippen MR) is 181 cm³/mol. The molecule has 0 radical (unpaired) electrons. The number of rotatable bonds is 13. The van der Waals surface area contributed by atoms with E-state index in [1.54, 1.807) is 45.2 Å². The lowest BCUT2D eigenvalue weighted by molar-refractivity contribution is -0.139. The highest BCUT2D eigenvalue weighted by Gasteiger charge is 2.32. The third-order valence-electron chi connectivity index (χ3n) is 7.12. The molecule has 0 fully saturated rings.